The number of anilines is 2. The van der Waals surface area contributed by atoms with Crippen molar-refractivity contribution in [3.05, 3.63) is 106 Å². The Balaban J connectivity index is 0.00000353. The molecular weight excluding hydrogens is 542 g/mol. The fourth-order valence-electron chi connectivity index (χ4n) is 4.45. The van der Waals surface area contributed by atoms with Crippen LogP contribution in [-0.4, -0.2) is 32.9 Å². The molecule has 11 heteroatoms. The fourth-order valence-corrected chi connectivity index (χ4v) is 4.57. The van der Waals surface area contributed by atoms with Gasteiger partial charge in [-0.3, -0.25) is 4.79 Å². The first kappa shape index (κ1) is 28.1. The number of hydrogen-bond acceptors (Lipinski definition) is 4. The van der Waals surface area contributed by atoms with Crippen molar-refractivity contribution in [1.82, 2.24) is 14.5 Å². The smallest absolute Gasteiger partial charge is 0.240 e. The van der Waals surface area contributed by atoms with E-state index in [-0.39, 0.29) is 36.8 Å². The summed E-state index contributed by atoms with van der Waals surface area (Å²) >= 11 is 5.84. The first-order valence-corrected chi connectivity index (χ1v) is 12.3. The first-order chi connectivity index (χ1) is 18.3. The van der Waals surface area contributed by atoms with E-state index in [1.807, 2.05) is 4.57 Å². The molecule has 0 aliphatic carbocycles. The minimum atomic E-state index is -0.749. The Morgan fingerprint density at radius 1 is 1.10 bits per heavy atom. The van der Waals surface area contributed by atoms with E-state index in [0.29, 0.717) is 53.8 Å². The number of hydrogen-bond donors (Lipinski definition) is 2. The third-order valence-electron chi connectivity index (χ3n) is 6.42. The lowest BCUT2D eigenvalue weighted by Crippen LogP contribution is -2.47. The third kappa shape index (κ3) is 6.06. The molecule has 3 N–H and O–H groups in total. The minimum Gasteiger partial charge on any atom is -0.340 e. The highest BCUT2D eigenvalue weighted by molar-refractivity contribution is 7.59. The molecule has 4 aromatic rings. The lowest BCUT2D eigenvalue weighted by Gasteiger charge is -2.30. The van der Waals surface area contributed by atoms with E-state index < -0.39 is 11.9 Å². The van der Waals surface area contributed by atoms with Crippen molar-refractivity contribution in [2.75, 3.05) is 11.9 Å². The molecule has 1 amide bonds. The van der Waals surface area contributed by atoms with Gasteiger partial charge >= 0.3 is 0 Å². The quantitative estimate of drug-likeness (QED) is 0.289. The average Bonchev–Trinajstić information content (AvgIpc) is 3.28. The lowest BCUT2D eigenvalue weighted by molar-refractivity contribution is -0.134. The Labute approximate surface area is 236 Å². The Hall–Kier alpha value is -3.91. The molecule has 7 nitrogen and oxygen atoms in total. The van der Waals surface area contributed by atoms with E-state index in [1.165, 1.54) is 24.3 Å². The molecule has 39 heavy (non-hydrogen) atoms. The third-order valence-corrected chi connectivity index (χ3v) is 6.73. The molecule has 1 aliphatic rings. The van der Waals surface area contributed by atoms with Gasteiger partial charge in [0.2, 0.25) is 5.91 Å². The van der Waals surface area contributed by atoms with Crippen molar-refractivity contribution >= 4 is 48.2 Å². The zero-order valence-electron chi connectivity index (χ0n) is 20.7. The van der Waals surface area contributed by atoms with Crippen molar-refractivity contribution in [3.63, 3.8) is 0 Å². The van der Waals surface area contributed by atoms with Crippen LogP contribution in [0.15, 0.2) is 66.7 Å². The Morgan fingerprint density at radius 3 is 2.49 bits per heavy atom. The summed E-state index contributed by atoms with van der Waals surface area (Å²) in [6.07, 6.45) is 0.345. The largest absolute Gasteiger partial charge is 0.340 e. The number of amides is 1. The van der Waals surface area contributed by atoms with Crippen LogP contribution in [0.1, 0.15) is 11.4 Å². The average molecular weight is 567 g/mol. The minimum absolute atomic E-state index is 0. The number of halogens is 3. The second kappa shape index (κ2) is 11.9. The molecule has 0 fully saturated rings. The first-order valence-electron chi connectivity index (χ1n) is 11.9. The molecule has 0 saturated carbocycles. The van der Waals surface area contributed by atoms with Gasteiger partial charge in [0.1, 0.15) is 29.0 Å². The highest BCUT2D eigenvalue weighted by atomic mass is 35.5. The maximum Gasteiger partial charge on any atom is 0.240 e. The van der Waals surface area contributed by atoms with Gasteiger partial charge in [-0.05, 0) is 54.4 Å². The molecule has 200 valence electrons. The van der Waals surface area contributed by atoms with Gasteiger partial charge in [-0.1, -0.05) is 35.9 Å². The van der Waals surface area contributed by atoms with Gasteiger partial charge in [0.25, 0.3) is 0 Å². The summed E-state index contributed by atoms with van der Waals surface area (Å²) in [4.78, 5) is 23.0. The lowest BCUT2D eigenvalue weighted by atomic mass is 10.0. The summed E-state index contributed by atoms with van der Waals surface area (Å²) in [7, 11) is 0. The van der Waals surface area contributed by atoms with Crippen molar-refractivity contribution in [2.24, 2.45) is 5.73 Å². The van der Waals surface area contributed by atoms with Crippen LogP contribution in [0.25, 0.3) is 16.1 Å². The summed E-state index contributed by atoms with van der Waals surface area (Å²) in [5, 5.41) is 3.24. The van der Waals surface area contributed by atoms with Crippen molar-refractivity contribution in [1.29, 1.82) is 0 Å². The molecule has 5 rings (SSSR count). The van der Waals surface area contributed by atoms with E-state index in [1.54, 1.807) is 47.4 Å². The number of aromatic nitrogens is 2. The van der Waals surface area contributed by atoms with Crippen LogP contribution in [0.4, 0.5) is 26.0 Å². The summed E-state index contributed by atoms with van der Waals surface area (Å²) < 4.78 is 29.7. The van der Waals surface area contributed by atoms with Crippen LogP contribution in [0.5, 0.6) is 0 Å². The van der Waals surface area contributed by atoms with Crippen LogP contribution < -0.4 is 11.1 Å². The van der Waals surface area contributed by atoms with E-state index in [0.717, 1.165) is 5.56 Å². The number of nitrogens with one attached hydrogen (secondary N) is 1. The van der Waals surface area contributed by atoms with Crippen LogP contribution >= 0.6 is 25.1 Å². The molecule has 0 spiro atoms. The second-order valence-corrected chi connectivity index (χ2v) is 9.39. The van der Waals surface area contributed by atoms with Gasteiger partial charge in [-0.2, -0.15) is 13.5 Å². The summed E-state index contributed by atoms with van der Waals surface area (Å²) in [5.41, 5.74) is 9.36. The predicted molar refractivity (Wildman–Crippen MR) is 152 cm³/mol. The normalized spacial score (nSPS) is 13.2. The standard InChI is InChI=1S/C28H23ClF2N6O.H2S/c1-33-20-8-2-17(3-9-20)14-24(32)28(38)36-12-13-37-25(16-36)35-26(18-4-6-19(30)7-5-18)27(37)34-21-10-11-22(29)23(31)15-21;/h2-11,15,24,34H,12-14,16,32H2;1H2/t24-;/m0./s1. The van der Waals surface area contributed by atoms with Crippen LogP contribution in [-0.2, 0) is 24.3 Å². The van der Waals surface area contributed by atoms with Gasteiger partial charge < -0.3 is 20.5 Å². The van der Waals surface area contributed by atoms with Gasteiger partial charge in [0.05, 0.1) is 24.2 Å². The molecule has 3 aromatic carbocycles. The molecule has 1 aromatic heterocycles. The van der Waals surface area contributed by atoms with E-state index in [9.17, 15) is 13.6 Å². The fraction of sp³-hybridized carbons (Fsp3) is 0.179. The second-order valence-electron chi connectivity index (χ2n) is 8.99. The Morgan fingerprint density at radius 2 is 1.82 bits per heavy atom. The number of nitrogens with two attached hydrogens (primary N) is 1. The van der Waals surface area contributed by atoms with Crippen molar-refractivity contribution in [2.45, 2.75) is 25.6 Å². The maximum atomic E-state index is 14.1. The number of imidazole rings is 1. The predicted octanol–water partition coefficient (Wildman–Crippen LogP) is 5.80. The summed E-state index contributed by atoms with van der Waals surface area (Å²) in [6, 6.07) is 16.6. The molecule has 0 saturated heterocycles. The van der Waals surface area contributed by atoms with Crippen LogP contribution in [0, 0.1) is 18.2 Å². The molecule has 0 bridgehead atoms. The van der Waals surface area contributed by atoms with E-state index in [4.69, 9.17) is 28.9 Å². The zero-order chi connectivity index (χ0) is 26.8. The van der Waals surface area contributed by atoms with Gasteiger partial charge in [-0.15, -0.1) is 0 Å². The molecule has 2 heterocycles. The highest BCUT2D eigenvalue weighted by Gasteiger charge is 2.29. The molecule has 1 aliphatic heterocycles. The van der Waals surface area contributed by atoms with E-state index in [2.05, 4.69) is 10.2 Å². The van der Waals surface area contributed by atoms with Gasteiger partial charge in [0, 0.05) is 24.3 Å². The van der Waals surface area contributed by atoms with Gasteiger partial charge in [-0.25, -0.2) is 18.6 Å². The number of benzene rings is 3. The number of carbonyl (C=O) groups excluding carboxylic acids is 1. The number of nitrogens with zero attached hydrogens (tertiary/aromatic N) is 4. The van der Waals surface area contributed by atoms with Crippen molar-refractivity contribution in [3.8, 4) is 11.3 Å². The monoisotopic (exact) mass is 566 g/mol. The molecule has 1 atom stereocenters. The Bertz CT molecular complexity index is 1540. The zero-order valence-corrected chi connectivity index (χ0v) is 22.4. The van der Waals surface area contributed by atoms with Crippen LogP contribution in [0.3, 0.4) is 0 Å². The van der Waals surface area contributed by atoms with E-state index >= 15 is 0 Å². The summed E-state index contributed by atoms with van der Waals surface area (Å²) in [6.45, 7) is 8.13. The molecular formula is C28H25ClF2N6OS. The maximum absolute atomic E-state index is 14.1. The van der Waals surface area contributed by atoms with Gasteiger partial charge in [0.15, 0.2) is 5.69 Å². The number of carbonyl (C=O) groups is 1. The number of rotatable bonds is 6. The SMILES string of the molecule is S.[C-]#[N+]c1ccc(C[C@H](N)C(=O)N2CCn3c(nc(-c4ccc(F)cc4)c3Nc3ccc(Cl)c(F)c3)C2)cc1. The summed E-state index contributed by atoms with van der Waals surface area (Å²) in [5.74, 6) is 0.0829. The number of fused-ring (bicyclic) bond motifs is 1. The molecule has 0 unspecified atom stereocenters. The highest BCUT2D eigenvalue weighted by Crippen LogP contribution is 2.34. The topological polar surface area (TPSA) is 80.5 Å². The Kier molecular flexibility index (Phi) is 8.55. The van der Waals surface area contributed by atoms with Crippen LogP contribution in [0.2, 0.25) is 5.02 Å². The molecule has 0 radical (unpaired) electrons. The van der Waals surface area contributed by atoms with Crippen molar-refractivity contribution < 1.29 is 13.6 Å².